The summed E-state index contributed by atoms with van der Waals surface area (Å²) in [7, 11) is -1.11. The Morgan fingerprint density at radius 1 is 1.33 bits per heavy atom. The molecule has 0 aromatic heterocycles. The lowest BCUT2D eigenvalue weighted by molar-refractivity contribution is 0.199. The molecular formula is C13H27NO3S. The molecule has 0 atom stereocenters. The third-order valence-corrected chi connectivity index (χ3v) is 4.55. The normalized spacial score (nSPS) is 12.9. The summed E-state index contributed by atoms with van der Waals surface area (Å²) in [6, 6.07) is 0. The number of hydrogen-bond acceptors (Lipinski definition) is 4. The van der Waals surface area contributed by atoms with E-state index in [-0.39, 0.29) is 5.75 Å². The van der Waals surface area contributed by atoms with Gasteiger partial charge in [0.05, 0.1) is 12.4 Å². The van der Waals surface area contributed by atoms with Crippen LogP contribution in [-0.4, -0.2) is 46.7 Å². The van der Waals surface area contributed by atoms with Crippen molar-refractivity contribution in [2.75, 3.05) is 38.3 Å². The van der Waals surface area contributed by atoms with E-state index in [1.165, 1.54) is 5.57 Å². The van der Waals surface area contributed by atoms with Crippen molar-refractivity contribution >= 4 is 9.84 Å². The van der Waals surface area contributed by atoms with Crippen molar-refractivity contribution in [3.63, 3.8) is 0 Å². The molecular weight excluding hydrogens is 250 g/mol. The first kappa shape index (κ1) is 17.6. The Morgan fingerprint density at radius 2 is 2.06 bits per heavy atom. The highest BCUT2D eigenvalue weighted by atomic mass is 32.2. The molecule has 0 fully saturated rings. The van der Waals surface area contributed by atoms with Crippen LogP contribution in [-0.2, 0) is 14.6 Å². The van der Waals surface area contributed by atoms with Crippen LogP contribution in [0.15, 0.2) is 11.6 Å². The first-order valence-electron chi connectivity index (χ1n) is 6.57. The highest BCUT2D eigenvalue weighted by Crippen LogP contribution is 2.07. The Labute approximate surface area is 112 Å². The van der Waals surface area contributed by atoms with Gasteiger partial charge in [-0.3, -0.25) is 0 Å². The average molecular weight is 277 g/mol. The maximum atomic E-state index is 11.3. The van der Waals surface area contributed by atoms with Gasteiger partial charge < -0.3 is 10.1 Å². The van der Waals surface area contributed by atoms with Crippen molar-refractivity contribution < 1.29 is 13.2 Å². The van der Waals surface area contributed by atoms with Crippen molar-refractivity contribution in [1.29, 1.82) is 0 Å². The molecule has 0 rings (SSSR count). The molecule has 0 saturated heterocycles. The van der Waals surface area contributed by atoms with E-state index in [9.17, 15) is 8.42 Å². The fraction of sp³-hybridized carbons (Fsp3) is 0.846. The Bertz CT molecular complexity index is 323. The van der Waals surface area contributed by atoms with Crippen LogP contribution in [0.2, 0.25) is 0 Å². The Balaban J connectivity index is 3.60. The van der Waals surface area contributed by atoms with E-state index in [1.54, 1.807) is 14.0 Å². The van der Waals surface area contributed by atoms with Gasteiger partial charge in [-0.15, -0.1) is 0 Å². The number of methoxy groups -OCH3 is 1. The molecule has 0 aliphatic carbocycles. The molecule has 0 aromatic carbocycles. The molecule has 0 aliphatic rings. The lowest BCUT2D eigenvalue weighted by Crippen LogP contribution is -2.19. The van der Waals surface area contributed by atoms with E-state index < -0.39 is 9.84 Å². The predicted octanol–water partition coefficient (Wildman–Crippen LogP) is 1.77. The number of sulfone groups is 1. The molecule has 0 aromatic rings. The van der Waals surface area contributed by atoms with E-state index in [4.69, 9.17) is 4.74 Å². The lowest BCUT2D eigenvalue weighted by Gasteiger charge is -2.04. The van der Waals surface area contributed by atoms with Gasteiger partial charge in [-0.25, -0.2) is 8.42 Å². The molecule has 0 saturated carbocycles. The molecule has 0 amide bonds. The van der Waals surface area contributed by atoms with E-state index in [0.29, 0.717) is 5.75 Å². The topological polar surface area (TPSA) is 55.4 Å². The molecule has 0 unspecified atom stereocenters. The Morgan fingerprint density at radius 3 is 2.67 bits per heavy atom. The van der Waals surface area contributed by atoms with Gasteiger partial charge in [-0.05, 0) is 32.7 Å². The van der Waals surface area contributed by atoms with Gasteiger partial charge >= 0.3 is 0 Å². The van der Waals surface area contributed by atoms with E-state index in [1.807, 2.05) is 0 Å². The molecule has 0 heterocycles. The zero-order valence-corrected chi connectivity index (χ0v) is 12.7. The van der Waals surface area contributed by atoms with Crippen LogP contribution in [0.3, 0.4) is 0 Å². The molecule has 0 aliphatic heterocycles. The van der Waals surface area contributed by atoms with Crippen LogP contribution < -0.4 is 5.32 Å². The van der Waals surface area contributed by atoms with Gasteiger partial charge in [0.2, 0.25) is 0 Å². The molecule has 4 nitrogen and oxygen atoms in total. The van der Waals surface area contributed by atoms with Crippen molar-refractivity contribution in [2.24, 2.45) is 0 Å². The maximum Gasteiger partial charge on any atom is 0.150 e. The first-order chi connectivity index (χ1) is 8.52. The van der Waals surface area contributed by atoms with Crippen LogP contribution in [0.4, 0.5) is 0 Å². The third kappa shape index (κ3) is 10.7. The van der Waals surface area contributed by atoms with Crippen molar-refractivity contribution in [2.45, 2.75) is 33.1 Å². The molecule has 0 bridgehead atoms. The summed E-state index contributed by atoms with van der Waals surface area (Å²) in [4.78, 5) is 0. The van der Waals surface area contributed by atoms with Crippen LogP contribution in [0, 0.1) is 0 Å². The van der Waals surface area contributed by atoms with E-state index in [0.717, 1.165) is 39.0 Å². The lowest BCUT2D eigenvalue weighted by atomic mass is 10.1. The largest absolute Gasteiger partial charge is 0.383 e. The van der Waals surface area contributed by atoms with Crippen molar-refractivity contribution in [3.8, 4) is 0 Å². The van der Waals surface area contributed by atoms with E-state index >= 15 is 0 Å². The number of nitrogens with one attached hydrogen (secondary N) is 1. The SMILES string of the molecule is CCS(=O)(=O)CCCC(C)=CCCNCCOC. The summed E-state index contributed by atoms with van der Waals surface area (Å²) >= 11 is 0. The zero-order chi connectivity index (χ0) is 13.9. The Hall–Kier alpha value is -0.390. The summed E-state index contributed by atoms with van der Waals surface area (Å²) in [6.45, 7) is 6.31. The van der Waals surface area contributed by atoms with Crippen LogP contribution in [0.25, 0.3) is 0 Å². The van der Waals surface area contributed by atoms with Crippen molar-refractivity contribution in [1.82, 2.24) is 5.32 Å². The molecule has 1 N–H and O–H groups in total. The highest BCUT2D eigenvalue weighted by molar-refractivity contribution is 7.91. The second-order valence-corrected chi connectivity index (χ2v) is 6.89. The van der Waals surface area contributed by atoms with E-state index in [2.05, 4.69) is 18.3 Å². The van der Waals surface area contributed by atoms with Crippen molar-refractivity contribution in [3.05, 3.63) is 11.6 Å². The van der Waals surface area contributed by atoms with Crippen LogP contribution >= 0.6 is 0 Å². The summed E-state index contributed by atoms with van der Waals surface area (Å²) in [5, 5.41) is 3.27. The summed E-state index contributed by atoms with van der Waals surface area (Å²) in [6.07, 6.45) is 4.77. The summed E-state index contributed by atoms with van der Waals surface area (Å²) in [5.41, 5.74) is 1.27. The number of allylic oxidation sites excluding steroid dienone is 1. The minimum absolute atomic E-state index is 0.249. The monoisotopic (exact) mass is 277 g/mol. The van der Waals surface area contributed by atoms with Crippen LogP contribution in [0.1, 0.15) is 33.1 Å². The quantitative estimate of drug-likeness (QED) is 0.462. The van der Waals surface area contributed by atoms with Gasteiger partial charge in [0.15, 0.2) is 0 Å². The molecule has 5 heteroatoms. The van der Waals surface area contributed by atoms with Gasteiger partial charge in [0.1, 0.15) is 9.84 Å². The fourth-order valence-corrected chi connectivity index (χ4v) is 2.41. The average Bonchev–Trinajstić information content (AvgIpc) is 2.33. The minimum atomic E-state index is -2.80. The molecule has 0 radical (unpaired) electrons. The molecule has 108 valence electrons. The Kier molecular flexibility index (Phi) is 10.3. The molecule has 18 heavy (non-hydrogen) atoms. The predicted molar refractivity (Wildman–Crippen MR) is 76.7 cm³/mol. The summed E-state index contributed by atoms with van der Waals surface area (Å²) in [5.74, 6) is 0.556. The second kappa shape index (κ2) is 10.5. The summed E-state index contributed by atoms with van der Waals surface area (Å²) < 4.78 is 27.5. The number of ether oxygens (including phenoxy) is 1. The number of rotatable bonds is 11. The molecule has 0 spiro atoms. The van der Waals surface area contributed by atoms with Gasteiger partial charge in [0.25, 0.3) is 0 Å². The van der Waals surface area contributed by atoms with Crippen LogP contribution in [0.5, 0.6) is 0 Å². The second-order valence-electron chi connectivity index (χ2n) is 4.42. The van der Waals surface area contributed by atoms with Gasteiger partial charge in [-0.2, -0.15) is 0 Å². The highest BCUT2D eigenvalue weighted by Gasteiger charge is 2.06. The first-order valence-corrected chi connectivity index (χ1v) is 8.39. The van der Waals surface area contributed by atoms with Gasteiger partial charge in [0, 0.05) is 19.4 Å². The third-order valence-electron chi connectivity index (χ3n) is 2.76. The smallest absolute Gasteiger partial charge is 0.150 e. The standard InChI is InChI=1S/C13H27NO3S/c1-4-18(15,16)12-6-8-13(2)7-5-9-14-10-11-17-3/h7,14H,4-6,8-12H2,1-3H3. The van der Waals surface area contributed by atoms with Gasteiger partial charge in [-0.1, -0.05) is 18.6 Å². The maximum absolute atomic E-state index is 11.3. The fourth-order valence-electron chi connectivity index (χ4n) is 1.54. The zero-order valence-electron chi connectivity index (χ0n) is 11.9. The minimum Gasteiger partial charge on any atom is -0.383 e. The number of hydrogen-bond donors (Lipinski definition) is 1.